The van der Waals surface area contributed by atoms with Gasteiger partial charge < -0.3 is 0 Å². The molecule has 0 aliphatic rings. The molecule has 102 valence electrons. The zero-order chi connectivity index (χ0) is 14.2. The van der Waals surface area contributed by atoms with Crippen molar-refractivity contribution >= 4 is 32.7 Å². The first-order valence-corrected chi connectivity index (χ1v) is 7.14. The van der Waals surface area contributed by atoms with Gasteiger partial charge in [0.15, 0.2) is 5.78 Å². The highest BCUT2D eigenvalue weighted by atomic mass is 79.9. The Bertz CT molecular complexity index is 698. The minimum Gasteiger partial charge on any atom is -0.295 e. The molecular weight excluding hydrogens is 308 g/mol. The third-order valence-corrected chi connectivity index (χ3v) is 4.07. The fourth-order valence-corrected chi connectivity index (χ4v) is 2.76. The molecule has 0 aliphatic heterocycles. The van der Waals surface area contributed by atoms with Crippen LogP contribution in [-0.4, -0.2) is 14.9 Å². The maximum Gasteiger partial charge on any atom is 0.328 e. The standard InChI is InChI=1S/C14H17BrN2O2/c1-4-5-6-13(18)9-7-11-12(8-10(9)15)17(3)14(19)16(11)2/h7-8H,4-6H2,1-3H3. The number of Topliss-reactive ketones (excluding diaryl/α,β-unsaturated/α-hetero) is 1. The number of carbonyl (C=O) groups is 1. The number of hydrogen-bond donors (Lipinski definition) is 0. The molecule has 0 spiro atoms. The Kier molecular flexibility index (Phi) is 3.94. The fraction of sp³-hybridized carbons (Fsp3) is 0.429. The molecule has 1 aromatic carbocycles. The third kappa shape index (κ3) is 2.39. The van der Waals surface area contributed by atoms with E-state index in [1.807, 2.05) is 6.07 Å². The lowest BCUT2D eigenvalue weighted by atomic mass is 10.1. The summed E-state index contributed by atoms with van der Waals surface area (Å²) in [5.74, 6) is 0.118. The van der Waals surface area contributed by atoms with Crippen LogP contribution in [0.3, 0.4) is 0 Å². The van der Waals surface area contributed by atoms with Gasteiger partial charge in [-0.3, -0.25) is 13.9 Å². The molecule has 19 heavy (non-hydrogen) atoms. The smallest absolute Gasteiger partial charge is 0.295 e. The van der Waals surface area contributed by atoms with E-state index in [0.717, 1.165) is 28.3 Å². The topological polar surface area (TPSA) is 44.0 Å². The lowest BCUT2D eigenvalue weighted by molar-refractivity contribution is 0.0979. The summed E-state index contributed by atoms with van der Waals surface area (Å²) in [4.78, 5) is 24.0. The van der Waals surface area contributed by atoms with Gasteiger partial charge in [0, 0.05) is 30.6 Å². The molecule has 0 fully saturated rings. The number of imidazole rings is 1. The summed E-state index contributed by atoms with van der Waals surface area (Å²) < 4.78 is 3.90. The van der Waals surface area contributed by atoms with E-state index >= 15 is 0 Å². The van der Waals surface area contributed by atoms with E-state index in [4.69, 9.17) is 0 Å². The van der Waals surface area contributed by atoms with Gasteiger partial charge in [0.05, 0.1) is 11.0 Å². The Balaban J connectivity index is 2.59. The van der Waals surface area contributed by atoms with Crippen molar-refractivity contribution < 1.29 is 4.79 Å². The maximum atomic E-state index is 12.1. The number of hydrogen-bond acceptors (Lipinski definition) is 2. The predicted molar refractivity (Wildman–Crippen MR) is 79.7 cm³/mol. The van der Waals surface area contributed by atoms with Crippen molar-refractivity contribution in [2.45, 2.75) is 26.2 Å². The highest BCUT2D eigenvalue weighted by Crippen LogP contribution is 2.25. The number of halogens is 1. The average Bonchev–Trinajstić information content (AvgIpc) is 2.60. The van der Waals surface area contributed by atoms with Crippen molar-refractivity contribution in [3.05, 3.63) is 32.7 Å². The molecule has 1 aromatic heterocycles. The second-order valence-corrected chi connectivity index (χ2v) is 5.60. The third-order valence-electron chi connectivity index (χ3n) is 3.42. The number of unbranched alkanes of at least 4 members (excludes halogenated alkanes) is 1. The molecule has 2 rings (SSSR count). The summed E-state index contributed by atoms with van der Waals surface area (Å²) in [6.07, 6.45) is 2.42. The second kappa shape index (κ2) is 5.33. The van der Waals surface area contributed by atoms with Crippen molar-refractivity contribution in [3.8, 4) is 0 Å². The number of fused-ring (bicyclic) bond motifs is 1. The molecule has 0 unspecified atom stereocenters. The molecule has 0 atom stereocenters. The van der Waals surface area contributed by atoms with Crippen molar-refractivity contribution in [2.24, 2.45) is 14.1 Å². The SMILES string of the molecule is CCCCC(=O)c1cc2c(cc1Br)n(C)c(=O)n2C. The highest BCUT2D eigenvalue weighted by molar-refractivity contribution is 9.10. The van der Waals surface area contributed by atoms with Crippen LogP contribution in [0.4, 0.5) is 0 Å². The van der Waals surface area contributed by atoms with Crippen molar-refractivity contribution in [3.63, 3.8) is 0 Å². The van der Waals surface area contributed by atoms with E-state index in [0.29, 0.717) is 12.0 Å². The van der Waals surface area contributed by atoms with Gasteiger partial charge in [0.2, 0.25) is 0 Å². The molecular formula is C14H17BrN2O2. The van der Waals surface area contributed by atoms with Crippen LogP contribution in [0.2, 0.25) is 0 Å². The van der Waals surface area contributed by atoms with Crippen LogP contribution in [0.5, 0.6) is 0 Å². The van der Waals surface area contributed by atoms with Crippen molar-refractivity contribution in [1.29, 1.82) is 0 Å². The fourth-order valence-electron chi connectivity index (χ4n) is 2.21. The van der Waals surface area contributed by atoms with E-state index in [1.54, 1.807) is 29.3 Å². The largest absolute Gasteiger partial charge is 0.328 e. The van der Waals surface area contributed by atoms with Crippen molar-refractivity contribution in [2.75, 3.05) is 0 Å². The Morgan fingerprint density at radius 3 is 2.37 bits per heavy atom. The summed E-state index contributed by atoms with van der Waals surface area (Å²) in [6, 6.07) is 3.65. The van der Waals surface area contributed by atoms with Crippen LogP contribution in [0.15, 0.2) is 21.4 Å². The van der Waals surface area contributed by atoms with Crippen LogP contribution in [0, 0.1) is 0 Å². The molecule has 0 saturated heterocycles. The maximum absolute atomic E-state index is 12.1. The van der Waals surface area contributed by atoms with Gasteiger partial charge in [-0.25, -0.2) is 4.79 Å². The minimum absolute atomic E-state index is 0.0833. The van der Waals surface area contributed by atoms with Crippen LogP contribution >= 0.6 is 15.9 Å². The lowest BCUT2D eigenvalue weighted by Gasteiger charge is -2.05. The number of aromatic nitrogens is 2. The van der Waals surface area contributed by atoms with Crippen molar-refractivity contribution in [1.82, 2.24) is 9.13 Å². The van der Waals surface area contributed by atoms with Gasteiger partial charge in [-0.15, -0.1) is 0 Å². The van der Waals surface area contributed by atoms with Gasteiger partial charge in [-0.05, 0) is 34.5 Å². The van der Waals surface area contributed by atoms with Gasteiger partial charge in [-0.1, -0.05) is 13.3 Å². The summed E-state index contributed by atoms with van der Waals surface area (Å²) in [7, 11) is 3.45. The van der Waals surface area contributed by atoms with Gasteiger partial charge in [-0.2, -0.15) is 0 Å². The Morgan fingerprint density at radius 2 is 1.79 bits per heavy atom. The lowest BCUT2D eigenvalue weighted by Crippen LogP contribution is -2.19. The number of aryl methyl sites for hydroxylation is 2. The minimum atomic E-state index is -0.0833. The Morgan fingerprint density at radius 1 is 1.21 bits per heavy atom. The van der Waals surface area contributed by atoms with Gasteiger partial charge in [0.25, 0.3) is 0 Å². The summed E-state index contributed by atoms with van der Waals surface area (Å²) >= 11 is 3.43. The quantitative estimate of drug-likeness (QED) is 0.811. The number of rotatable bonds is 4. The van der Waals surface area contributed by atoms with E-state index in [9.17, 15) is 9.59 Å². The first kappa shape index (κ1) is 14.1. The molecule has 0 amide bonds. The Labute approximate surface area is 120 Å². The van der Waals surface area contributed by atoms with Crippen LogP contribution < -0.4 is 5.69 Å². The molecule has 0 saturated carbocycles. The first-order chi connectivity index (χ1) is 8.97. The molecule has 5 heteroatoms. The summed E-state index contributed by atoms with van der Waals surface area (Å²) in [6.45, 7) is 2.06. The number of benzene rings is 1. The number of nitrogens with zero attached hydrogens (tertiary/aromatic N) is 2. The highest BCUT2D eigenvalue weighted by Gasteiger charge is 2.15. The molecule has 0 aliphatic carbocycles. The summed E-state index contributed by atoms with van der Waals surface area (Å²) in [5, 5.41) is 0. The molecule has 4 nitrogen and oxygen atoms in total. The van der Waals surface area contributed by atoms with Crippen LogP contribution in [0.25, 0.3) is 11.0 Å². The normalized spacial score (nSPS) is 11.2. The van der Waals surface area contributed by atoms with Gasteiger partial charge in [0.1, 0.15) is 0 Å². The zero-order valence-corrected chi connectivity index (χ0v) is 13.0. The molecule has 2 aromatic rings. The first-order valence-electron chi connectivity index (χ1n) is 6.35. The molecule has 0 N–H and O–H groups in total. The van der Waals surface area contributed by atoms with Gasteiger partial charge >= 0.3 is 5.69 Å². The number of ketones is 1. The van der Waals surface area contributed by atoms with E-state index < -0.39 is 0 Å². The van der Waals surface area contributed by atoms with Crippen LogP contribution in [-0.2, 0) is 14.1 Å². The van der Waals surface area contributed by atoms with E-state index in [2.05, 4.69) is 22.9 Å². The number of carbonyl (C=O) groups excluding carboxylic acids is 1. The van der Waals surface area contributed by atoms with E-state index in [-0.39, 0.29) is 11.5 Å². The molecule has 1 heterocycles. The van der Waals surface area contributed by atoms with Crippen LogP contribution in [0.1, 0.15) is 36.5 Å². The molecule has 0 radical (unpaired) electrons. The molecule has 0 bridgehead atoms. The average molecular weight is 325 g/mol. The monoisotopic (exact) mass is 324 g/mol. The second-order valence-electron chi connectivity index (χ2n) is 4.75. The predicted octanol–water partition coefficient (Wildman–Crippen LogP) is 3.01. The zero-order valence-electron chi connectivity index (χ0n) is 11.4. The van der Waals surface area contributed by atoms with E-state index in [1.165, 1.54) is 0 Å². The summed E-state index contributed by atoms with van der Waals surface area (Å²) in [5.41, 5.74) is 2.18. The Hall–Kier alpha value is -1.36.